The van der Waals surface area contributed by atoms with Crippen molar-refractivity contribution in [3.63, 3.8) is 0 Å². The van der Waals surface area contributed by atoms with Crippen molar-refractivity contribution in [2.45, 2.75) is 20.8 Å². The summed E-state index contributed by atoms with van der Waals surface area (Å²) < 4.78 is 0. The Balaban J connectivity index is 2.77. The van der Waals surface area contributed by atoms with Crippen molar-refractivity contribution >= 4 is 17.0 Å². The van der Waals surface area contributed by atoms with E-state index in [9.17, 15) is 0 Å². The van der Waals surface area contributed by atoms with Crippen LogP contribution in [0, 0.1) is 6.92 Å². The molecule has 3 heteroatoms. The van der Waals surface area contributed by atoms with Gasteiger partial charge in [0.25, 0.3) is 0 Å². The average molecular weight is 183 g/mol. The van der Waals surface area contributed by atoms with Gasteiger partial charge in [-0.2, -0.15) is 0 Å². The van der Waals surface area contributed by atoms with Crippen LogP contribution in [0.3, 0.4) is 0 Å². The van der Waals surface area contributed by atoms with E-state index in [0.29, 0.717) is 6.61 Å². The topological polar surface area (TPSA) is 21.6 Å². The third-order valence-electron chi connectivity index (χ3n) is 1.52. The molecule has 1 aromatic heterocycles. The molecule has 0 fully saturated rings. The Bertz CT molecular complexity index is 278. The van der Waals surface area contributed by atoms with E-state index >= 15 is 0 Å². The summed E-state index contributed by atoms with van der Waals surface area (Å²) in [6.07, 6.45) is 0. The molecule has 0 radical (unpaired) electrons. The van der Waals surface area contributed by atoms with E-state index < -0.39 is 0 Å². The minimum absolute atomic E-state index is 0.627. The second kappa shape index (κ2) is 4.26. The smallest absolute Gasteiger partial charge is 0.114 e. The van der Waals surface area contributed by atoms with Gasteiger partial charge < -0.3 is 4.84 Å². The zero-order chi connectivity index (χ0) is 8.97. The fourth-order valence-electron chi connectivity index (χ4n) is 0.946. The van der Waals surface area contributed by atoms with E-state index in [4.69, 9.17) is 4.84 Å². The van der Waals surface area contributed by atoms with Gasteiger partial charge in [-0.05, 0) is 37.8 Å². The Morgan fingerprint density at radius 1 is 1.67 bits per heavy atom. The van der Waals surface area contributed by atoms with Crippen molar-refractivity contribution < 1.29 is 4.84 Å². The molecular formula is C9H13NOS. The van der Waals surface area contributed by atoms with Crippen LogP contribution in [0.25, 0.3) is 0 Å². The summed E-state index contributed by atoms with van der Waals surface area (Å²) in [6.45, 7) is 6.60. The first-order valence-corrected chi connectivity index (χ1v) is 4.84. The first-order valence-electron chi connectivity index (χ1n) is 3.96. The third-order valence-corrected chi connectivity index (χ3v) is 2.65. The summed E-state index contributed by atoms with van der Waals surface area (Å²) in [6, 6.07) is 2.09. The molecular weight excluding hydrogens is 170 g/mol. The number of nitrogens with zero attached hydrogens (tertiary/aromatic N) is 1. The van der Waals surface area contributed by atoms with Gasteiger partial charge in [0.05, 0.1) is 10.6 Å². The summed E-state index contributed by atoms with van der Waals surface area (Å²) in [5.41, 5.74) is 2.23. The van der Waals surface area contributed by atoms with E-state index in [-0.39, 0.29) is 0 Å². The number of oxime groups is 1. The van der Waals surface area contributed by atoms with Crippen LogP contribution in [0.4, 0.5) is 0 Å². The van der Waals surface area contributed by atoms with E-state index in [1.54, 1.807) is 11.3 Å². The normalized spacial score (nSPS) is 11.8. The molecule has 0 aliphatic carbocycles. The molecule has 1 heterocycles. The van der Waals surface area contributed by atoms with Crippen LogP contribution < -0.4 is 0 Å². The molecule has 2 nitrogen and oxygen atoms in total. The molecule has 0 atom stereocenters. The second-order valence-electron chi connectivity index (χ2n) is 2.53. The summed E-state index contributed by atoms with van der Waals surface area (Å²) in [5, 5.41) is 6.04. The lowest BCUT2D eigenvalue weighted by molar-refractivity contribution is 0.159. The maximum Gasteiger partial charge on any atom is 0.114 e. The van der Waals surface area contributed by atoms with E-state index in [1.165, 1.54) is 10.4 Å². The largest absolute Gasteiger partial charge is 0.396 e. The molecule has 0 bridgehead atoms. The molecule has 12 heavy (non-hydrogen) atoms. The molecule has 0 N–H and O–H groups in total. The Labute approximate surface area is 76.9 Å². The van der Waals surface area contributed by atoms with Gasteiger partial charge in [0, 0.05) is 0 Å². The van der Waals surface area contributed by atoms with Gasteiger partial charge in [-0.3, -0.25) is 0 Å². The molecule has 0 aliphatic heterocycles. The molecule has 0 saturated heterocycles. The minimum atomic E-state index is 0.627. The SMILES string of the molecule is CCO/N=C(/C)c1sccc1C. The van der Waals surface area contributed by atoms with E-state index in [1.807, 2.05) is 13.8 Å². The lowest BCUT2D eigenvalue weighted by Gasteiger charge is -1.98. The highest BCUT2D eigenvalue weighted by atomic mass is 32.1. The Kier molecular flexibility index (Phi) is 3.29. The molecule has 0 saturated carbocycles. The number of aryl methyl sites for hydroxylation is 1. The molecule has 1 aromatic rings. The highest BCUT2D eigenvalue weighted by Crippen LogP contribution is 2.16. The number of hydrogen-bond donors (Lipinski definition) is 0. The van der Waals surface area contributed by atoms with Crippen LogP contribution in [-0.2, 0) is 4.84 Å². The lowest BCUT2D eigenvalue weighted by atomic mass is 10.2. The molecule has 1 rings (SSSR count). The Morgan fingerprint density at radius 3 is 2.92 bits per heavy atom. The van der Waals surface area contributed by atoms with Crippen molar-refractivity contribution in [3.8, 4) is 0 Å². The van der Waals surface area contributed by atoms with Gasteiger partial charge in [-0.1, -0.05) is 5.16 Å². The zero-order valence-corrected chi connectivity index (χ0v) is 8.44. The summed E-state index contributed by atoms with van der Waals surface area (Å²) in [7, 11) is 0. The number of thiophene rings is 1. The molecule has 0 aromatic carbocycles. The van der Waals surface area contributed by atoms with Gasteiger partial charge in [0.15, 0.2) is 0 Å². The highest BCUT2D eigenvalue weighted by Gasteiger charge is 2.02. The summed E-state index contributed by atoms with van der Waals surface area (Å²) in [5.74, 6) is 0. The average Bonchev–Trinajstić information content (AvgIpc) is 2.47. The van der Waals surface area contributed by atoms with Crippen LogP contribution >= 0.6 is 11.3 Å². The number of rotatable bonds is 3. The van der Waals surface area contributed by atoms with Crippen molar-refractivity contribution in [2.24, 2.45) is 5.16 Å². The quantitative estimate of drug-likeness (QED) is 0.521. The number of hydrogen-bond acceptors (Lipinski definition) is 3. The van der Waals surface area contributed by atoms with E-state index in [0.717, 1.165) is 5.71 Å². The van der Waals surface area contributed by atoms with Crippen LogP contribution in [0.5, 0.6) is 0 Å². The summed E-state index contributed by atoms with van der Waals surface area (Å²) >= 11 is 1.70. The van der Waals surface area contributed by atoms with Crippen LogP contribution in [0.2, 0.25) is 0 Å². The Morgan fingerprint density at radius 2 is 2.42 bits per heavy atom. The lowest BCUT2D eigenvalue weighted by Crippen LogP contribution is -1.94. The fourth-order valence-corrected chi connectivity index (χ4v) is 1.82. The van der Waals surface area contributed by atoms with Crippen molar-refractivity contribution in [1.82, 2.24) is 0 Å². The first-order chi connectivity index (χ1) is 5.75. The van der Waals surface area contributed by atoms with Crippen molar-refractivity contribution in [2.75, 3.05) is 6.61 Å². The standard InChI is InChI=1S/C9H13NOS/c1-4-11-10-8(3)9-7(2)5-6-12-9/h5-6H,4H2,1-3H3/b10-8-. The predicted octanol–water partition coefficient (Wildman–Crippen LogP) is 2.82. The van der Waals surface area contributed by atoms with E-state index in [2.05, 4.69) is 23.5 Å². The summed E-state index contributed by atoms with van der Waals surface area (Å²) in [4.78, 5) is 6.18. The molecule has 0 aliphatic rings. The Hall–Kier alpha value is -0.830. The van der Waals surface area contributed by atoms with Crippen molar-refractivity contribution in [1.29, 1.82) is 0 Å². The second-order valence-corrected chi connectivity index (χ2v) is 3.44. The van der Waals surface area contributed by atoms with Gasteiger partial charge in [-0.15, -0.1) is 11.3 Å². The molecule has 66 valence electrons. The maximum absolute atomic E-state index is 4.97. The van der Waals surface area contributed by atoms with Gasteiger partial charge in [0.1, 0.15) is 6.61 Å². The van der Waals surface area contributed by atoms with Crippen LogP contribution in [-0.4, -0.2) is 12.3 Å². The first kappa shape index (κ1) is 9.26. The highest BCUT2D eigenvalue weighted by molar-refractivity contribution is 7.12. The van der Waals surface area contributed by atoms with Crippen LogP contribution in [0.15, 0.2) is 16.6 Å². The van der Waals surface area contributed by atoms with Crippen molar-refractivity contribution in [3.05, 3.63) is 21.9 Å². The van der Waals surface area contributed by atoms with Gasteiger partial charge in [-0.25, -0.2) is 0 Å². The van der Waals surface area contributed by atoms with Gasteiger partial charge in [0.2, 0.25) is 0 Å². The minimum Gasteiger partial charge on any atom is -0.396 e. The third kappa shape index (κ3) is 2.08. The monoisotopic (exact) mass is 183 g/mol. The van der Waals surface area contributed by atoms with Gasteiger partial charge >= 0.3 is 0 Å². The molecule has 0 amide bonds. The maximum atomic E-state index is 4.97. The zero-order valence-electron chi connectivity index (χ0n) is 7.63. The predicted molar refractivity (Wildman–Crippen MR) is 52.9 cm³/mol. The molecule has 0 unspecified atom stereocenters. The fraction of sp³-hybridized carbons (Fsp3) is 0.444. The molecule has 0 spiro atoms. The van der Waals surface area contributed by atoms with Crippen LogP contribution in [0.1, 0.15) is 24.3 Å².